The van der Waals surface area contributed by atoms with Crippen molar-refractivity contribution in [1.29, 1.82) is 0 Å². The van der Waals surface area contributed by atoms with Gasteiger partial charge in [-0.15, -0.1) is 0 Å². The molecular weight excluding hydrogens is 212 g/mol. The summed E-state index contributed by atoms with van der Waals surface area (Å²) in [6, 6.07) is 8.10. The minimum atomic E-state index is 0.219. The highest BCUT2D eigenvalue weighted by molar-refractivity contribution is 5.48. The van der Waals surface area contributed by atoms with Crippen LogP contribution in [0.5, 0.6) is 5.75 Å². The molecular formula is C14H24N2O. The Bertz CT molecular complexity index is 313. The minimum Gasteiger partial charge on any atom is -0.491 e. The minimum absolute atomic E-state index is 0.219. The first-order valence-electron chi connectivity index (χ1n) is 6.43. The fraction of sp³-hybridized carbons (Fsp3) is 0.571. The first-order chi connectivity index (χ1) is 8.22. The van der Waals surface area contributed by atoms with Crippen molar-refractivity contribution in [3.63, 3.8) is 0 Å². The fourth-order valence-corrected chi connectivity index (χ4v) is 1.55. The molecule has 0 unspecified atom stereocenters. The van der Waals surface area contributed by atoms with Gasteiger partial charge in [0.05, 0.1) is 6.10 Å². The highest BCUT2D eigenvalue weighted by Gasteiger charge is 1.98. The first-order valence-corrected chi connectivity index (χ1v) is 6.43. The number of benzene rings is 1. The number of nitrogens with one attached hydrogen (secondary N) is 2. The first kappa shape index (κ1) is 13.8. The summed E-state index contributed by atoms with van der Waals surface area (Å²) >= 11 is 0. The molecule has 0 atom stereocenters. The van der Waals surface area contributed by atoms with Crippen molar-refractivity contribution in [1.82, 2.24) is 5.32 Å². The molecule has 0 amide bonds. The van der Waals surface area contributed by atoms with Crippen molar-refractivity contribution in [2.24, 2.45) is 0 Å². The number of anilines is 1. The van der Waals surface area contributed by atoms with E-state index < -0.39 is 0 Å². The Balaban J connectivity index is 2.32. The van der Waals surface area contributed by atoms with E-state index in [0.29, 0.717) is 0 Å². The molecule has 0 spiro atoms. The van der Waals surface area contributed by atoms with Crippen LogP contribution in [-0.4, -0.2) is 25.7 Å². The normalized spacial score (nSPS) is 10.6. The predicted octanol–water partition coefficient (Wildman–Crippen LogP) is 2.89. The molecule has 0 aliphatic heterocycles. The molecule has 0 fully saturated rings. The maximum atomic E-state index is 5.64. The zero-order valence-corrected chi connectivity index (χ0v) is 11.1. The summed E-state index contributed by atoms with van der Waals surface area (Å²) in [6.07, 6.45) is 1.40. The summed E-state index contributed by atoms with van der Waals surface area (Å²) in [6.45, 7) is 9.25. The average Bonchev–Trinajstić information content (AvgIpc) is 2.28. The van der Waals surface area contributed by atoms with Gasteiger partial charge in [-0.3, -0.25) is 0 Å². The van der Waals surface area contributed by atoms with Gasteiger partial charge in [-0.2, -0.15) is 0 Å². The number of hydrogen-bond acceptors (Lipinski definition) is 3. The van der Waals surface area contributed by atoms with Crippen LogP contribution in [0.15, 0.2) is 24.3 Å². The Labute approximate surface area is 105 Å². The molecule has 0 bridgehead atoms. The Morgan fingerprint density at radius 1 is 1.18 bits per heavy atom. The van der Waals surface area contributed by atoms with Crippen molar-refractivity contribution < 1.29 is 4.74 Å². The molecule has 0 aliphatic carbocycles. The van der Waals surface area contributed by atoms with Crippen LogP contribution in [0.3, 0.4) is 0 Å². The second kappa shape index (κ2) is 7.96. The van der Waals surface area contributed by atoms with Gasteiger partial charge >= 0.3 is 0 Å². The Hall–Kier alpha value is -1.22. The molecule has 96 valence electrons. The molecule has 1 rings (SSSR count). The van der Waals surface area contributed by atoms with Gasteiger partial charge in [0.2, 0.25) is 0 Å². The van der Waals surface area contributed by atoms with Crippen molar-refractivity contribution in [2.75, 3.05) is 25.0 Å². The number of rotatable bonds is 8. The molecule has 3 heteroatoms. The standard InChI is InChI=1S/C14H24N2O/c1-4-8-15-9-10-16-13-6-5-7-14(11-13)17-12(2)3/h5-7,11-12,15-16H,4,8-10H2,1-3H3. The molecule has 2 N–H and O–H groups in total. The van der Waals surface area contributed by atoms with Crippen LogP contribution in [0.1, 0.15) is 27.2 Å². The summed E-state index contributed by atoms with van der Waals surface area (Å²) < 4.78 is 5.64. The van der Waals surface area contributed by atoms with Crippen LogP contribution in [0.25, 0.3) is 0 Å². The molecule has 0 saturated heterocycles. The van der Waals surface area contributed by atoms with Gasteiger partial charge in [0.1, 0.15) is 5.75 Å². The van der Waals surface area contributed by atoms with Crippen LogP contribution >= 0.6 is 0 Å². The second-order valence-corrected chi connectivity index (χ2v) is 4.37. The Morgan fingerprint density at radius 3 is 2.71 bits per heavy atom. The molecule has 3 nitrogen and oxygen atoms in total. The van der Waals surface area contributed by atoms with E-state index in [1.54, 1.807) is 0 Å². The van der Waals surface area contributed by atoms with Gasteiger partial charge in [-0.1, -0.05) is 13.0 Å². The van der Waals surface area contributed by atoms with Gasteiger partial charge < -0.3 is 15.4 Å². The number of ether oxygens (including phenoxy) is 1. The Kier molecular flexibility index (Phi) is 6.48. The van der Waals surface area contributed by atoms with Crippen LogP contribution in [0.4, 0.5) is 5.69 Å². The third kappa shape index (κ3) is 6.17. The molecule has 1 aromatic carbocycles. The lowest BCUT2D eigenvalue weighted by Crippen LogP contribution is -2.22. The van der Waals surface area contributed by atoms with Crippen LogP contribution in [0, 0.1) is 0 Å². The third-order valence-electron chi connectivity index (χ3n) is 2.26. The summed E-state index contributed by atoms with van der Waals surface area (Å²) in [4.78, 5) is 0. The third-order valence-corrected chi connectivity index (χ3v) is 2.26. The highest BCUT2D eigenvalue weighted by Crippen LogP contribution is 2.18. The van der Waals surface area contributed by atoms with Gasteiger partial charge in [-0.25, -0.2) is 0 Å². The second-order valence-electron chi connectivity index (χ2n) is 4.37. The van der Waals surface area contributed by atoms with Crippen molar-refractivity contribution in [2.45, 2.75) is 33.3 Å². The summed E-state index contributed by atoms with van der Waals surface area (Å²) in [5.74, 6) is 0.923. The lowest BCUT2D eigenvalue weighted by molar-refractivity contribution is 0.242. The van der Waals surface area contributed by atoms with Crippen LogP contribution < -0.4 is 15.4 Å². The monoisotopic (exact) mass is 236 g/mol. The maximum Gasteiger partial charge on any atom is 0.121 e. The van der Waals surface area contributed by atoms with E-state index in [1.807, 2.05) is 32.0 Å². The predicted molar refractivity (Wildman–Crippen MR) is 73.9 cm³/mol. The molecule has 0 aliphatic rings. The summed E-state index contributed by atoms with van der Waals surface area (Å²) in [5.41, 5.74) is 1.11. The quantitative estimate of drug-likeness (QED) is 0.681. The van der Waals surface area contributed by atoms with E-state index in [1.165, 1.54) is 6.42 Å². The average molecular weight is 236 g/mol. The molecule has 1 aromatic rings. The van der Waals surface area contributed by atoms with Crippen LogP contribution in [-0.2, 0) is 0 Å². The molecule has 0 saturated carbocycles. The lowest BCUT2D eigenvalue weighted by Gasteiger charge is -2.12. The molecule has 0 radical (unpaired) electrons. The molecule has 0 heterocycles. The van der Waals surface area contributed by atoms with Crippen LogP contribution in [0.2, 0.25) is 0 Å². The summed E-state index contributed by atoms with van der Waals surface area (Å²) in [5, 5.41) is 6.73. The zero-order chi connectivity index (χ0) is 12.5. The van der Waals surface area contributed by atoms with E-state index in [4.69, 9.17) is 4.74 Å². The smallest absolute Gasteiger partial charge is 0.121 e. The lowest BCUT2D eigenvalue weighted by atomic mass is 10.3. The van der Waals surface area contributed by atoms with Gasteiger partial charge in [-0.05, 0) is 38.9 Å². The van der Waals surface area contributed by atoms with Gasteiger partial charge in [0.25, 0.3) is 0 Å². The Morgan fingerprint density at radius 2 is 2.00 bits per heavy atom. The van der Waals surface area contributed by atoms with E-state index in [9.17, 15) is 0 Å². The molecule has 0 aromatic heterocycles. The van der Waals surface area contributed by atoms with E-state index >= 15 is 0 Å². The van der Waals surface area contributed by atoms with Crippen molar-refractivity contribution in [3.05, 3.63) is 24.3 Å². The highest BCUT2D eigenvalue weighted by atomic mass is 16.5. The van der Waals surface area contributed by atoms with E-state index in [0.717, 1.165) is 31.1 Å². The zero-order valence-electron chi connectivity index (χ0n) is 11.1. The van der Waals surface area contributed by atoms with E-state index in [2.05, 4.69) is 23.6 Å². The topological polar surface area (TPSA) is 33.3 Å². The van der Waals surface area contributed by atoms with Crippen molar-refractivity contribution in [3.8, 4) is 5.75 Å². The fourth-order valence-electron chi connectivity index (χ4n) is 1.55. The SMILES string of the molecule is CCCNCCNc1cccc(OC(C)C)c1. The van der Waals surface area contributed by atoms with Gasteiger partial charge in [0, 0.05) is 24.8 Å². The summed E-state index contributed by atoms with van der Waals surface area (Å²) in [7, 11) is 0. The van der Waals surface area contributed by atoms with Gasteiger partial charge in [0.15, 0.2) is 0 Å². The largest absolute Gasteiger partial charge is 0.491 e. The van der Waals surface area contributed by atoms with E-state index in [-0.39, 0.29) is 6.10 Å². The molecule has 17 heavy (non-hydrogen) atoms. The maximum absolute atomic E-state index is 5.64. The number of hydrogen-bond donors (Lipinski definition) is 2. The van der Waals surface area contributed by atoms with Crippen molar-refractivity contribution >= 4 is 5.69 Å².